The lowest BCUT2D eigenvalue weighted by Gasteiger charge is -2.14. The molecule has 0 aliphatic carbocycles. The minimum atomic E-state index is 0.447. The molecule has 1 aromatic heterocycles. The van der Waals surface area contributed by atoms with Crippen molar-refractivity contribution < 1.29 is 4.74 Å². The van der Waals surface area contributed by atoms with Gasteiger partial charge in [-0.1, -0.05) is 0 Å². The summed E-state index contributed by atoms with van der Waals surface area (Å²) in [6, 6.07) is 0.447. The fourth-order valence-electron chi connectivity index (χ4n) is 1.55. The van der Waals surface area contributed by atoms with Gasteiger partial charge in [0.25, 0.3) is 0 Å². The third-order valence-corrected chi connectivity index (χ3v) is 2.54. The highest BCUT2D eigenvalue weighted by Crippen LogP contribution is 2.04. The van der Waals surface area contributed by atoms with Crippen LogP contribution in [0.1, 0.15) is 18.7 Å². The van der Waals surface area contributed by atoms with Gasteiger partial charge in [0.05, 0.1) is 0 Å². The minimum Gasteiger partial charge on any atom is -0.385 e. The zero-order valence-corrected chi connectivity index (χ0v) is 9.73. The van der Waals surface area contributed by atoms with Crippen molar-refractivity contribution in [2.24, 2.45) is 7.05 Å². The summed E-state index contributed by atoms with van der Waals surface area (Å²) < 4.78 is 6.85. The molecule has 0 aliphatic rings. The van der Waals surface area contributed by atoms with Crippen LogP contribution >= 0.6 is 0 Å². The van der Waals surface area contributed by atoms with Crippen LogP contribution in [-0.4, -0.2) is 41.6 Å². The number of likely N-dealkylation sites (N-methyl/N-ethyl adjacent to an activating group) is 1. The zero-order valence-electron chi connectivity index (χ0n) is 9.73. The van der Waals surface area contributed by atoms with Gasteiger partial charge in [-0.15, -0.1) is 0 Å². The molecule has 5 nitrogen and oxygen atoms in total. The highest BCUT2D eigenvalue weighted by atomic mass is 16.5. The number of rotatable bonds is 7. The zero-order chi connectivity index (χ0) is 11.1. The summed E-state index contributed by atoms with van der Waals surface area (Å²) in [5, 5.41) is 7.34. The van der Waals surface area contributed by atoms with E-state index in [1.54, 1.807) is 13.4 Å². The lowest BCUT2D eigenvalue weighted by molar-refractivity contribution is 0.189. The van der Waals surface area contributed by atoms with Crippen molar-refractivity contribution in [2.45, 2.75) is 25.3 Å². The number of aromatic nitrogens is 3. The monoisotopic (exact) mass is 212 g/mol. The average Bonchev–Trinajstić information content (AvgIpc) is 2.63. The quantitative estimate of drug-likeness (QED) is 0.664. The van der Waals surface area contributed by atoms with Crippen molar-refractivity contribution in [3.63, 3.8) is 0 Å². The number of aryl methyl sites for hydroxylation is 1. The predicted molar refractivity (Wildman–Crippen MR) is 58.7 cm³/mol. The van der Waals surface area contributed by atoms with Crippen LogP contribution in [0.15, 0.2) is 6.33 Å². The van der Waals surface area contributed by atoms with Crippen molar-refractivity contribution in [1.82, 2.24) is 20.1 Å². The normalized spacial score (nSPS) is 13.0. The molecule has 0 amide bonds. The fraction of sp³-hybridized carbons (Fsp3) is 0.800. The topological polar surface area (TPSA) is 52.0 Å². The minimum absolute atomic E-state index is 0.447. The summed E-state index contributed by atoms with van der Waals surface area (Å²) in [7, 11) is 5.63. The van der Waals surface area contributed by atoms with Crippen LogP contribution in [0.4, 0.5) is 0 Å². The SMILES string of the molecule is CNC(CCCOC)Cc1ncnn1C. The van der Waals surface area contributed by atoms with Crippen LogP contribution in [0.3, 0.4) is 0 Å². The fourth-order valence-corrected chi connectivity index (χ4v) is 1.55. The summed E-state index contributed by atoms with van der Waals surface area (Å²) in [6.07, 6.45) is 4.67. The predicted octanol–water partition coefficient (Wildman–Crippen LogP) is 0.372. The van der Waals surface area contributed by atoms with E-state index in [1.165, 1.54) is 0 Å². The van der Waals surface area contributed by atoms with Crippen LogP contribution < -0.4 is 5.32 Å². The standard InChI is InChI=1S/C10H20N4O/c1-11-9(5-4-6-15-3)7-10-12-8-13-14(10)2/h8-9,11H,4-7H2,1-3H3. The van der Waals surface area contributed by atoms with Gasteiger partial charge in [-0.05, 0) is 19.9 Å². The molecular formula is C10H20N4O. The lowest BCUT2D eigenvalue weighted by atomic mass is 10.1. The lowest BCUT2D eigenvalue weighted by Crippen LogP contribution is -2.29. The molecule has 0 spiro atoms. The maximum Gasteiger partial charge on any atom is 0.138 e. The first-order chi connectivity index (χ1) is 7.27. The van der Waals surface area contributed by atoms with Crippen molar-refractivity contribution >= 4 is 0 Å². The van der Waals surface area contributed by atoms with Crippen LogP contribution in [0.25, 0.3) is 0 Å². The van der Waals surface area contributed by atoms with E-state index >= 15 is 0 Å². The second-order valence-electron chi connectivity index (χ2n) is 3.62. The van der Waals surface area contributed by atoms with Gasteiger partial charge in [0.15, 0.2) is 0 Å². The molecule has 0 aliphatic heterocycles. The molecule has 5 heteroatoms. The van der Waals surface area contributed by atoms with Crippen LogP contribution in [0, 0.1) is 0 Å². The molecule has 1 aromatic rings. The highest BCUT2D eigenvalue weighted by Gasteiger charge is 2.10. The van der Waals surface area contributed by atoms with E-state index in [0.717, 1.165) is 31.7 Å². The maximum absolute atomic E-state index is 5.03. The van der Waals surface area contributed by atoms with Crippen molar-refractivity contribution in [3.8, 4) is 0 Å². The molecule has 1 atom stereocenters. The first-order valence-electron chi connectivity index (χ1n) is 5.27. The van der Waals surface area contributed by atoms with E-state index < -0.39 is 0 Å². The second kappa shape index (κ2) is 6.53. The summed E-state index contributed by atoms with van der Waals surface area (Å²) in [5.41, 5.74) is 0. The van der Waals surface area contributed by atoms with Gasteiger partial charge in [0.2, 0.25) is 0 Å². The molecule has 0 radical (unpaired) electrons. The van der Waals surface area contributed by atoms with E-state index in [2.05, 4.69) is 15.4 Å². The van der Waals surface area contributed by atoms with E-state index in [9.17, 15) is 0 Å². The number of hydrogen-bond donors (Lipinski definition) is 1. The molecular weight excluding hydrogens is 192 g/mol. The Morgan fingerprint density at radius 2 is 2.40 bits per heavy atom. The summed E-state index contributed by atoms with van der Waals surface area (Å²) >= 11 is 0. The molecule has 86 valence electrons. The Kier molecular flexibility index (Phi) is 5.28. The molecule has 1 unspecified atom stereocenters. The molecule has 0 fully saturated rings. The van der Waals surface area contributed by atoms with Crippen molar-refractivity contribution in [3.05, 3.63) is 12.2 Å². The number of methoxy groups -OCH3 is 1. The largest absolute Gasteiger partial charge is 0.385 e. The Morgan fingerprint density at radius 1 is 1.60 bits per heavy atom. The summed E-state index contributed by atoms with van der Waals surface area (Å²) in [4.78, 5) is 4.21. The molecule has 0 saturated carbocycles. The highest BCUT2D eigenvalue weighted by molar-refractivity contribution is 4.88. The molecule has 0 aromatic carbocycles. The summed E-state index contributed by atoms with van der Waals surface area (Å²) in [5.74, 6) is 1.02. The van der Waals surface area contributed by atoms with Crippen molar-refractivity contribution in [2.75, 3.05) is 20.8 Å². The number of hydrogen-bond acceptors (Lipinski definition) is 4. The van der Waals surface area contributed by atoms with Gasteiger partial charge in [0, 0.05) is 33.2 Å². The van der Waals surface area contributed by atoms with Crippen LogP contribution in [0.2, 0.25) is 0 Å². The molecule has 1 rings (SSSR count). The van der Waals surface area contributed by atoms with Gasteiger partial charge in [-0.3, -0.25) is 4.68 Å². The second-order valence-corrected chi connectivity index (χ2v) is 3.62. The number of nitrogens with one attached hydrogen (secondary N) is 1. The van der Waals surface area contributed by atoms with E-state index in [0.29, 0.717) is 6.04 Å². The van der Waals surface area contributed by atoms with Crippen LogP contribution in [0.5, 0.6) is 0 Å². The third kappa shape index (κ3) is 3.97. The Labute approximate surface area is 90.8 Å². The number of ether oxygens (including phenoxy) is 1. The van der Waals surface area contributed by atoms with E-state index in [-0.39, 0.29) is 0 Å². The number of nitrogens with zero attached hydrogens (tertiary/aromatic N) is 3. The van der Waals surface area contributed by atoms with Gasteiger partial charge < -0.3 is 10.1 Å². The van der Waals surface area contributed by atoms with Crippen LogP contribution in [-0.2, 0) is 18.2 Å². The van der Waals surface area contributed by atoms with Gasteiger partial charge >= 0.3 is 0 Å². The van der Waals surface area contributed by atoms with E-state index in [1.807, 2.05) is 18.8 Å². The van der Waals surface area contributed by atoms with Gasteiger partial charge in [-0.2, -0.15) is 5.10 Å². The van der Waals surface area contributed by atoms with Gasteiger partial charge in [0.1, 0.15) is 12.2 Å². The Balaban J connectivity index is 2.36. The smallest absolute Gasteiger partial charge is 0.138 e. The maximum atomic E-state index is 5.03. The van der Waals surface area contributed by atoms with E-state index in [4.69, 9.17) is 4.74 Å². The molecule has 0 bridgehead atoms. The molecule has 0 saturated heterocycles. The first kappa shape index (κ1) is 12.1. The Morgan fingerprint density at radius 3 is 2.93 bits per heavy atom. The van der Waals surface area contributed by atoms with Gasteiger partial charge in [-0.25, -0.2) is 4.98 Å². The Hall–Kier alpha value is -0.940. The molecule has 15 heavy (non-hydrogen) atoms. The third-order valence-electron chi connectivity index (χ3n) is 2.54. The van der Waals surface area contributed by atoms with Crippen molar-refractivity contribution in [1.29, 1.82) is 0 Å². The molecule has 1 heterocycles. The average molecular weight is 212 g/mol. The summed E-state index contributed by atoms with van der Waals surface area (Å²) in [6.45, 7) is 0.816. The molecule has 1 N–H and O–H groups in total. The Bertz CT molecular complexity index is 274. The first-order valence-corrected chi connectivity index (χ1v) is 5.27.